The van der Waals surface area contributed by atoms with Crippen LogP contribution >= 0.6 is 11.8 Å². The number of carbonyl (C=O) groups is 1. The zero-order chi connectivity index (χ0) is 16.1. The van der Waals surface area contributed by atoms with Gasteiger partial charge >= 0.3 is 5.97 Å². The predicted molar refractivity (Wildman–Crippen MR) is 84.1 cm³/mol. The van der Waals surface area contributed by atoms with Crippen LogP contribution in [0.3, 0.4) is 0 Å². The molecule has 0 aromatic heterocycles. The standard InChI is InChI=1S/C14H21NO4S2/c1-4-19-13(16)14(2,15)9-10-20-11-5-7-12(8-6-11)21(3,17)18/h5-8H,4,9-10,15H2,1-3H3. The Labute approximate surface area is 130 Å². The van der Waals surface area contributed by atoms with Gasteiger partial charge in [0.05, 0.1) is 11.5 Å². The average Bonchev–Trinajstić information content (AvgIpc) is 2.38. The first-order valence-corrected chi connectivity index (χ1v) is 9.43. The minimum atomic E-state index is -3.17. The van der Waals surface area contributed by atoms with Gasteiger partial charge in [0.25, 0.3) is 0 Å². The summed E-state index contributed by atoms with van der Waals surface area (Å²) in [5, 5.41) is 0. The fourth-order valence-electron chi connectivity index (χ4n) is 1.56. The van der Waals surface area contributed by atoms with Gasteiger partial charge in [-0.3, -0.25) is 4.79 Å². The lowest BCUT2D eigenvalue weighted by molar-refractivity contribution is -0.149. The highest BCUT2D eigenvalue weighted by Gasteiger charge is 2.29. The van der Waals surface area contributed by atoms with Crippen LogP contribution in [0.15, 0.2) is 34.1 Å². The zero-order valence-electron chi connectivity index (χ0n) is 12.5. The molecule has 0 heterocycles. The van der Waals surface area contributed by atoms with Crippen molar-refractivity contribution < 1.29 is 17.9 Å². The fourth-order valence-corrected chi connectivity index (χ4v) is 3.28. The van der Waals surface area contributed by atoms with E-state index in [1.807, 2.05) is 0 Å². The molecule has 1 aromatic carbocycles. The molecule has 1 aromatic rings. The Morgan fingerprint density at radius 3 is 2.38 bits per heavy atom. The molecule has 0 fully saturated rings. The molecular formula is C14H21NO4S2. The van der Waals surface area contributed by atoms with Crippen LogP contribution in [0.1, 0.15) is 20.3 Å². The van der Waals surface area contributed by atoms with Gasteiger partial charge in [-0.2, -0.15) is 0 Å². The highest BCUT2D eigenvalue weighted by atomic mass is 32.2. The van der Waals surface area contributed by atoms with Crippen LogP contribution in [0.5, 0.6) is 0 Å². The monoisotopic (exact) mass is 331 g/mol. The highest BCUT2D eigenvalue weighted by Crippen LogP contribution is 2.23. The molecule has 0 aliphatic carbocycles. The summed E-state index contributed by atoms with van der Waals surface area (Å²) in [4.78, 5) is 12.9. The van der Waals surface area contributed by atoms with E-state index in [0.29, 0.717) is 23.7 Å². The molecule has 0 radical (unpaired) electrons. The van der Waals surface area contributed by atoms with Gasteiger partial charge < -0.3 is 10.5 Å². The van der Waals surface area contributed by atoms with E-state index in [4.69, 9.17) is 10.5 Å². The summed E-state index contributed by atoms with van der Waals surface area (Å²) in [5.74, 6) is 0.238. The summed E-state index contributed by atoms with van der Waals surface area (Å²) in [6, 6.07) is 6.65. The molecule has 0 bridgehead atoms. The second-order valence-electron chi connectivity index (χ2n) is 4.98. The van der Waals surface area contributed by atoms with Crippen LogP contribution in [0.25, 0.3) is 0 Å². The van der Waals surface area contributed by atoms with Crippen molar-refractivity contribution in [2.24, 2.45) is 5.73 Å². The van der Waals surface area contributed by atoms with Crippen molar-refractivity contribution in [1.82, 2.24) is 0 Å². The summed E-state index contributed by atoms with van der Waals surface area (Å²) in [7, 11) is -3.17. The van der Waals surface area contributed by atoms with E-state index in [9.17, 15) is 13.2 Å². The quantitative estimate of drug-likeness (QED) is 0.606. The molecule has 0 spiro atoms. The summed E-state index contributed by atoms with van der Waals surface area (Å²) < 4.78 is 27.6. The smallest absolute Gasteiger partial charge is 0.325 e. The molecule has 0 aliphatic rings. The Hall–Kier alpha value is -1.05. The van der Waals surface area contributed by atoms with Crippen LogP contribution in [0.2, 0.25) is 0 Å². The largest absolute Gasteiger partial charge is 0.465 e. The van der Waals surface area contributed by atoms with Crippen LogP contribution < -0.4 is 5.73 Å². The van der Waals surface area contributed by atoms with E-state index in [0.717, 1.165) is 4.90 Å². The highest BCUT2D eigenvalue weighted by molar-refractivity contribution is 7.99. The number of benzene rings is 1. The normalized spacial score (nSPS) is 14.5. The fraction of sp³-hybridized carbons (Fsp3) is 0.500. The summed E-state index contributed by atoms with van der Waals surface area (Å²) in [6.07, 6.45) is 1.65. The molecule has 0 aliphatic heterocycles. The van der Waals surface area contributed by atoms with E-state index >= 15 is 0 Å². The molecule has 0 amide bonds. The maximum atomic E-state index is 11.6. The second-order valence-corrected chi connectivity index (χ2v) is 8.16. The van der Waals surface area contributed by atoms with Crippen molar-refractivity contribution in [2.45, 2.75) is 35.6 Å². The van der Waals surface area contributed by atoms with Gasteiger partial charge in [-0.25, -0.2) is 8.42 Å². The second kappa shape index (κ2) is 7.29. The number of carbonyl (C=O) groups excluding carboxylic acids is 1. The SMILES string of the molecule is CCOC(=O)C(C)(N)CCSc1ccc(S(C)(=O)=O)cc1. The Morgan fingerprint density at radius 1 is 1.33 bits per heavy atom. The third kappa shape index (κ3) is 5.68. The molecule has 0 saturated heterocycles. The van der Waals surface area contributed by atoms with Gasteiger partial charge in [0.2, 0.25) is 0 Å². The van der Waals surface area contributed by atoms with Gasteiger partial charge in [0, 0.05) is 16.9 Å². The molecule has 21 heavy (non-hydrogen) atoms. The lowest BCUT2D eigenvalue weighted by atomic mass is 10.0. The Morgan fingerprint density at radius 2 is 1.90 bits per heavy atom. The minimum Gasteiger partial charge on any atom is -0.465 e. The molecular weight excluding hydrogens is 310 g/mol. The van der Waals surface area contributed by atoms with Crippen molar-refractivity contribution in [3.05, 3.63) is 24.3 Å². The molecule has 1 unspecified atom stereocenters. The van der Waals surface area contributed by atoms with Gasteiger partial charge in [-0.05, 0) is 44.5 Å². The molecule has 0 saturated carbocycles. The number of esters is 1. The first kappa shape index (κ1) is 18.0. The predicted octanol–water partition coefficient (Wildman–Crippen LogP) is 1.85. The van der Waals surface area contributed by atoms with Crippen molar-refractivity contribution >= 4 is 27.6 Å². The van der Waals surface area contributed by atoms with Crippen LogP contribution in [0.4, 0.5) is 0 Å². The Balaban J connectivity index is 2.55. The van der Waals surface area contributed by atoms with Crippen molar-refractivity contribution in [3.8, 4) is 0 Å². The van der Waals surface area contributed by atoms with E-state index in [1.165, 1.54) is 18.0 Å². The number of sulfone groups is 1. The molecule has 1 atom stereocenters. The van der Waals surface area contributed by atoms with E-state index in [2.05, 4.69) is 0 Å². The third-order valence-electron chi connectivity index (χ3n) is 2.88. The lowest BCUT2D eigenvalue weighted by Crippen LogP contribution is -2.46. The number of rotatable bonds is 7. The minimum absolute atomic E-state index is 0.294. The molecule has 1 rings (SSSR count). The lowest BCUT2D eigenvalue weighted by Gasteiger charge is -2.21. The van der Waals surface area contributed by atoms with Crippen molar-refractivity contribution in [3.63, 3.8) is 0 Å². The Kier molecular flexibility index (Phi) is 6.24. The third-order valence-corrected chi connectivity index (χ3v) is 5.03. The Bertz CT molecular complexity index is 579. The number of ether oxygens (including phenoxy) is 1. The van der Waals surface area contributed by atoms with E-state index in [1.54, 1.807) is 38.1 Å². The summed E-state index contributed by atoms with van der Waals surface area (Å²) in [5.41, 5.74) is 4.92. The van der Waals surface area contributed by atoms with Crippen molar-refractivity contribution in [1.29, 1.82) is 0 Å². The average molecular weight is 331 g/mol. The number of hydrogen-bond acceptors (Lipinski definition) is 6. The topological polar surface area (TPSA) is 86.5 Å². The van der Waals surface area contributed by atoms with Gasteiger partial charge in [0.1, 0.15) is 5.54 Å². The molecule has 7 heteroatoms. The van der Waals surface area contributed by atoms with Gasteiger partial charge in [-0.15, -0.1) is 11.8 Å². The van der Waals surface area contributed by atoms with Gasteiger partial charge in [0.15, 0.2) is 9.84 Å². The molecule has 118 valence electrons. The van der Waals surface area contributed by atoms with E-state index < -0.39 is 21.3 Å². The van der Waals surface area contributed by atoms with Crippen LogP contribution in [-0.2, 0) is 19.4 Å². The van der Waals surface area contributed by atoms with Gasteiger partial charge in [-0.1, -0.05) is 0 Å². The molecule has 5 nitrogen and oxygen atoms in total. The zero-order valence-corrected chi connectivity index (χ0v) is 14.1. The first-order chi connectivity index (χ1) is 9.66. The number of thioether (sulfide) groups is 1. The van der Waals surface area contributed by atoms with E-state index in [-0.39, 0.29) is 0 Å². The van der Waals surface area contributed by atoms with Crippen LogP contribution in [0, 0.1) is 0 Å². The molecule has 2 N–H and O–H groups in total. The van der Waals surface area contributed by atoms with Crippen LogP contribution in [-0.4, -0.2) is 38.5 Å². The maximum absolute atomic E-state index is 11.6. The van der Waals surface area contributed by atoms with Crippen molar-refractivity contribution in [2.75, 3.05) is 18.6 Å². The summed E-state index contributed by atoms with van der Waals surface area (Å²) >= 11 is 1.52. The number of hydrogen-bond donors (Lipinski definition) is 1. The number of nitrogens with two attached hydrogens (primary N) is 1. The first-order valence-electron chi connectivity index (χ1n) is 6.56. The summed E-state index contributed by atoms with van der Waals surface area (Å²) in [6.45, 7) is 3.70. The maximum Gasteiger partial charge on any atom is 0.325 e.